The lowest BCUT2D eigenvalue weighted by Crippen LogP contribution is -2.49. The smallest absolute Gasteiger partial charge is 0.326 e. The van der Waals surface area contributed by atoms with Crippen molar-refractivity contribution in [3.8, 4) is 5.75 Å². The SMILES string of the molecule is COC(=O)C(NS(=O)(=O)c1ccc(OCc2ccccc2)cc1)C(C)OCCBr. The van der Waals surface area contributed by atoms with E-state index in [1.165, 1.54) is 19.2 Å². The van der Waals surface area contributed by atoms with Crippen LogP contribution >= 0.6 is 15.9 Å². The van der Waals surface area contributed by atoms with Gasteiger partial charge >= 0.3 is 5.97 Å². The normalized spacial score (nSPS) is 13.5. The van der Waals surface area contributed by atoms with E-state index in [1.807, 2.05) is 30.3 Å². The average molecular weight is 486 g/mol. The summed E-state index contributed by atoms with van der Waals surface area (Å²) in [6, 6.07) is 14.4. The van der Waals surface area contributed by atoms with Gasteiger partial charge in [-0.15, -0.1) is 0 Å². The van der Waals surface area contributed by atoms with Crippen LogP contribution in [0.5, 0.6) is 5.75 Å². The van der Waals surface area contributed by atoms with Crippen molar-refractivity contribution < 1.29 is 27.4 Å². The first-order valence-corrected chi connectivity index (χ1v) is 11.5. The zero-order valence-electron chi connectivity index (χ0n) is 16.2. The molecule has 0 radical (unpaired) electrons. The second-order valence-corrected chi connectivity index (χ2v) is 8.64. The average Bonchev–Trinajstić information content (AvgIpc) is 2.75. The van der Waals surface area contributed by atoms with Crippen molar-refractivity contribution in [2.75, 3.05) is 19.0 Å². The summed E-state index contributed by atoms with van der Waals surface area (Å²) in [6.07, 6.45) is -0.705. The molecule has 9 heteroatoms. The molecule has 0 aromatic heterocycles. The highest BCUT2D eigenvalue weighted by Gasteiger charge is 2.32. The van der Waals surface area contributed by atoms with Crippen LogP contribution < -0.4 is 9.46 Å². The molecule has 2 aromatic carbocycles. The van der Waals surface area contributed by atoms with Crippen molar-refractivity contribution in [3.05, 3.63) is 60.2 Å². The number of esters is 1. The Hall–Kier alpha value is -1.94. The summed E-state index contributed by atoms with van der Waals surface area (Å²) < 4.78 is 43.6. The van der Waals surface area contributed by atoms with Gasteiger partial charge in [-0.1, -0.05) is 46.3 Å². The highest BCUT2D eigenvalue weighted by Crippen LogP contribution is 2.18. The van der Waals surface area contributed by atoms with Crippen LogP contribution in [0.25, 0.3) is 0 Å². The molecule has 2 atom stereocenters. The molecule has 0 aliphatic carbocycles. The Morgan fingerprint density at radius 3 is 2.34 bits per heavy atom. The van der Waals surface area contributed by atoms with Gasteiger partial charge in [0.15, 0.2) is 0 Å². The number of methoxy groups -OCH3 is 1. The van der Waals surface area contributed by atoms with E-state index >= 15 is 0 Å². The molecule has 158 valence electrons. The minimum Gasteiger partial charge on any atom is -0.489 e. The van der Waals surface area contributed by atoms with Crippen LogP contribution in [0.3, 0.4) is 0 Å². The zero-order chi connectivity index (χ0) is 21.3. The molecule has 0 spiro atoms. The molecular formula is C20H24BrNO6S. The van der Waals surface area contributed by atoms with Gasteiger partial charge in [0.25, 0.3) is 0 Å². The van der Waals surface area contributed by atoms with E-state index in [-0.39, 0.29) is 4.90 Å². The van der Waals surface area contributed by atoms with Crippen LogP contribution in [0.4, 0.5) is 0 Å². The third kappa shape index (κ3) is 7.11. The van der Waals surface area contributed by atoms with Crippen molar-refractivity contribution in [2.24, 2.45) is 0 Å². The fraction of sp³-hybridized carbons (Fsp3) is 0.350. The van der Waals surface area contributed by atoms with Crippen LogP contribution in [0.2, 0.25) is 0 Å². The van der Waals surface area contributed by atoms with Crippen molar-refractivity contribution >= 4 is 31.9 Å². The summed E-state index contributed by atoms with van der Waals surface area (Å²) in [6.45, 7) is 2.30. The van der Waals surface area contributed by atoms with Crippen molar-refractivity contribution in [1.29, 1.82) is 0 Å². The number of carbonyl (C=O) groups excluding carboxylic acids is 1. The molecule has 29 heavy (non-hydrogen) atoms. The van der Waals surface area contributed by atoms with Gasteiger partial charge in [0.1, 0.15) is 18.4 Å². The van der Waals surface area contributed by atoms with E-state index in [0.29, 0.717) is 24.3 Å². The van der Waals surface area contributed by atoms with E-state index in [9.17, 15) is 13.2 Å². The van der Waals surface area contributed by atoms with E-state index in [2.05, 4.69) is 20.7 Å². The number of rotatable bonds is 11. The Kier molecular flexibility index (Phi) is 9.09. The van der Waals surface area contributed by atoms with Gasteiger partial charge in [-0.25, -0.2) is 8.42 Å². The molecule has 0 bridgehead atoms. The summed E-state index contributed by atoms with van der Waals surface area (Å²) in [5.74, 6) is -0.190. The first-order chi connectivity index (χ1) is 13.9. The molecule has 0 heterocycles. The van der Waals surface area contributed by atoms with Gasteiger partial charge in [-0.3, -0.25) is 4.79 Å². The molecule has 0 aliphatic heterocycles. The molecule has 2 aromatic rings. The quantitative estimate of drug-likeness (QED) is 0.388. The van der Waals surface area contributed by atoms with E-state index in [0.717, 1.165) is 5.56 Å². The fourth-order valence-corrected chi connectivity index (χ4v) is 3.92. The Labute approximate surface area is 179 Å². The van der Waals surface area contributed by atoms with E-state index < -0.39 is 28.1 Å². The fourth-order valence-electron chi connectivity index (χ4n) is 2.48. The van der Waals surface area contributed by atoms with Crippen LogP contribution in [0.15, 0.2) is 59.5 Å². The maximum absolute atomic E-state index is 12.7. The summed E-state index contributed by atoms with van der Waals surface area (Å²) in [4.78, 5) is 12.0. The van der Waals surface area contributed by atoms with Crippen molar-refractivity contribution in [2.45, 2.75) is 30.6 Å². The Balaban J connectivity index is 2.07. The largest absolute Gasteiger partial charge is 0.489 e. The van der Waals surface area contributed by atoms with Gasteiger partial charge in [-0.05, 0) is 36.8 Å². The molecule has 2 unspecified atom stereocenters. The summed E-state index contributed by atoms with van der Waals surface area (Å²) >= 11 is 3.22. The molecule has 7 nitrogen and oxygen atoms in total. The Morgan fingerprint density at radius 2 is 1.76 bits per heavy atom. The number of alkyl halides is 1. The van der Waals surface area contributed by atoms with Crippen LogP contribution in [0.1, 0.15) is 12.5 Å². The standard InChI is InChI=1S/C20H24BrNO6S/c1-15(27-13-12-21)19(20(23)26-2)22-29(24,25)18-10-8-17(9-11-18)28-14-16-6-4-3-5-7-16/h3-11,15,19,22H,12-14H2,1-2H3. The monoisotopic (exact) mass is 485 g/mol. The second kappa shape index (κ2) is 11.3. The second-order valence-electron chi connectivity index (χ2n) is 6.13. The van der Waals surface area contributed by atoms with Gasteiger partial charge in [0.2, 0.25) is 10.0 Å². The van der Waals surface area contributed by atoms with Crippen molar-refractivity contribution in [1.82, 2.24) is 4.72 Å². The lowest BCUT2D eigenvalue weighted by molar-refractivity contribution is -0.146. The molecular weight excluding hydrogens is 462 g/mol. The van der Waals surface area contributed by atoms with Crippen LogP contribution in [-0.2, 0) is 30.9 Å². The van der Waals surface area contributed by atoms with Gasteiger partial charge in [-0.2, -0.15) is 4.72 Å². The predicted octanol–water partition coefficient (Wildman–Crippen LogP) is 2.89. The lowest BCUT2D eigenvalue weighted by atomic mass is 10.2. The topological polar surface area (TPSA) is 90.9 Å². The minimum atomic E-state index is -3.97. The van der Waals surface area contributed by atoms with Crippen LogP contribution in [0, 0.1) is 0 Å². The number of ether oxygens (including phenoxy) is 3. The number of sulfonamides is 1. The minimum absolute atomic E-state index is 0.00570. The van der Waals surface area contributed by atoms with Gasteiger partial charge in [0.05, 0.1) is 24.7 Å². The molecule has 0 saturated carbocycles. The molecule has 0 fully saturated rings. The number of nitrogens with one attached hydrogen (secondary N) is 1. The number of benzene rings is 2. The highest BCUT2D eigenvalue weighted by atomic mass is 79.9. The number of hydrogen-bond acceptors (Lipinski definition) is 6. The van der Waals surface area contributed by atoms with Crippen molar-refractivity contribution in [3.63, 3.8) is 0 Å². The van der Waals surface area contributed by atoms with Gasteiger partial charge in [0, 0.05) is 5.33 Å². The zero-order valence-corrected chi connectivity index (χ0v) is 18.6. The lowest BCUT2D eigenvalue weighted by Gasteiger charge is -2.23. The molecule has 0 aliphatic rings. The maximum Gasteiger partial charge on any atom is 0.326 e. The Morgan fingerprint density at radius 1 is 1.10 bits per heavy atom. The predicted molar refractivity (Wildman–Crippen MR) is 113 cm³/mol. The summed E-state index contributed by atoms with van der Waals surface area (Å²) in [5.41, 5.74) is 1.00. The third-order valence-corrected chi connectivity index (χ3v) is 5.83. The summed E-state index contributed by atoms with van der Waals surface area (Å²) in [5, 5.41) is 0.558. The first kappa shape index (κ1) is 23.3. The van der Waals surface area contributed by atoms with Crippen LogP contribution in [-0.4, -0.2) is 45.6 Å². The van der Waals surface area contributed by atoms with E-state index in [1.54, 1.807) is 19.1 Å². The number of halogens is 1. The van der Waals surface area contributed by atoms with Gasteiger partial charge < -0.3 is 14.2 Å². The Bertz CT molecular complexity index is 874. The number of hydrogen-bond donors (Lipinski definition) is 1. The maximum atomic E-state index is 12.7. The molecule has 2 rings (SSSR count). The number of carbonyl (C=O) groups is 1. The molecule has 0 saturated heterocycles. The highest BCUT2D eigenvalue weighted by molar-refractivity contribution is 9.09. The molecule has 0 amide bonds. The first-order valence-electron chi connectivity index (χ1n) is 8.92. The van der Waals surface area contributed by atoms with E-state index in [4.69, 9.17) is 14.2 Å². The molecule has 1 N–H and O–H groups in total. The third-order valence-electron chi connectivity index (χ3n) is 4.05. The summed E-state index contributed by atoms with van der Waals surface area (Å²) in [7, 11) is -2.77.